The van der Waals surface area contributed by atoms with Crippen molar-refractivity contribution in [2.24, 2.45) is 5.84 Å². The second-order valence-corrected chi connectivity index (χ2v) is 7.80. The largest absolute Gasteiger partial charge is 0.485 e. The molecule has 0 radical (unpaired) electrons. The number of nitrogens with one attached hydrogen (secondary N) is 1. The molecule has 142 valence electrons. The minimum absolute atomic E-state index is 0.211. The first-order valence-electron chi connectivity index (χ1n) is 8.89. The number of anilines is 1. The van der Waals surface area contributed by atoms with Gasteiger partial charge in [0, 0.05) is 42.7 Å². The van der Waals surface area contributed by atoms with E-state index in [1.807, 2.05) is 12.1 Å². The lowest BCUT2D eigenvalue weighted by atomic mass is 9.83. The van der Waals surface area contributed by atoms with Crippen LogP contribution in [0, 0.1) is 0 Å². The van der Waals surface area contributed by atoms with Gasteiger partial charge in [-0.05, 0) is 37.1 Å². The first-order valence-corrected chi connectivity index (χ1v) is 9.65. The smallest absolute Gasteiger partial charge is 0.266 e. The Morgan fingerprint density at radius 2 is 1.89 bits per heavy atom. The highest BCUT2D eigenvalue weighted by molar-refractivity contribution is 6.35. The number of pyridine rings is 1. The van der Waals surface area contributed by atoms with E-state index in [2.05, 4.69) is 15.3 Å². The van der Waals surface area contributed by atoms with E-state index >= 15 is 0 Å². The molecule has 0 saturated carbocycles. The van der Waals surface area contributed by atoms with Crippen molar-refractivity contribution < 1.29 is 9.53 Å². The number of hydrogen-bond donors (Lipinski definition) is 2. The van der Waals surface area contributed by atoms with E-state index in [0.29, 0.717) is 15.6 Å². The Morgan fingerprint density at radius 3 is 2.56 bits per heavy atom. The van der Waals surface area contributed by atoms with Crippen molar-refractivity contribution in [1.82, 2.24) is 10.4 Å². The van der Waals surface area contributed by atoms with Crippen molar-refractivity contribution in [3.8, 4) is 5.75 Å². The molecule has 0 unspecified atom stereocenters. The number of nitrogen functional groups attached to an aromatic ring is 1. The third-order valence-electron chi connectivity index (χ3n) is 5.44. The normalized spacial score (nSPS) is 18.0. The van der Waals surface area contributed by atoms with Crippen LogP contribution in [0.2, 0.25) is 10.0 Å². The summed E-state index contributed by atoms with van der Waals surface area (Å²) >= 11 is 12.6. The Bertz CT molecular complexity index is 865. The van der Waals surface area contributed by atoms with Crippen LogP contribution in [-0.2, 0) is 6.42 Å². The summed E-state index contributed by atoms with van der Waals surface area (Å²) in [4.78, 5) is 18.1. The first kappa shape index (κ1) is 18.3. The summed E-state index contributed by atoms with van der Waals surface area (Å²) in [5.41, 5.74) is 3.34. The molecule has 6 nitrogen and oxygen atoms in total. The fraction of sp³-hybridized carbons (Fsp3) is 0.368. The van der Waals surface area contributed by atoms with E-state index in [-0.39, 0.29) is 11.5 Å². The summed E-state index contributed by atoms with van der Waals surface area (Å²) in [5.74, 6) is 6.38. The van der Waals surface area contributed by atoms with Gasteiger partial charge in [-0.15, -0.1) is 0 Å². The van der Waals surface area contributed by atoms with E-state index in [1.165, 1.54) is 6.20 Å². The molecule has 3 heterocycles. The van der Waals surface area contributed by atoms with Gasteiger partial charge in [0.2, 0.25) is 0 Å². The highest BCUT2D eigenvalue weighted by Gasteiger charge is 2.41. The topological polar surface area (TPSA) is 80.5 Å². The van der Waals surface area contributed by atoms with Crippen molar-refractivity contribution in [2.75, 3.05) is 18.0 Å². The minimum atomic E-state index is -0.351. The third-order valence-corrected chi connectivity index (χ3v) is 6.10. The average Bonchev–Trinajstić information content (AvgIpc) is 2.71. The Balaban J connectivity index is 1.46. The first-order chi connectivity index (χ1) is 13.0. The van der Waals surface area contributed by atoms with Crippen LogP contribution in [0.5, 0.6) is 5.75 Å². The molecule has 0 atom stereocenters. The van der Waals surface area contributed by atoms with Crippen molar-refractivity contribution in [3.05, 3.63) is 51.6 Å². The molecule has 0 bridgehead atoms. The van der Waals surface area contributed by atoms with Gasteiger partial charge < -0.3 is 9.64 Å². The molecule has 1 aromatic carbocycles. The summed E-state index contributed by atoms with van der Waals surface area (Å²) in [7, 11) is 0. The van der Waals surface area contributed by atoms with Gasteiger partial charge in [-0.1, -0.05) is 23.2 Å². The van der Waals surface area contributed by atoms with E-state index in [0.717, 1.165) is 55.9 Å². The van der Waals surface area contributed by atoms with Crippen molar-refractivity contribution in [2.45, 2.75) is 31.3 Å². The molecule has 1 amide bonds. The number of nitrogens with zero attached hydrogens (tertiary/aromatic N) is 2. The van der Waals surface area contributed by atoms with Gasteiger partial charge in [-0.3, -0.25) is 10.2 Å². The predicted octanol–water partition coefficient (Wildman–Crippen LogP) is 3.36. The number of hydrogen-bond acceptors (Lipinski definition) is 5. The Labute approximate surface area is 167 Å². The van der Waals surface area contributed by atoms with Gasteiger partial charge in [0.1, 0.15) is 17.2 Å². The Hall–Kier alpha value is -2.02. The number of piperidine rings is 1. The summed E-state index contributed by atoms with van der Waals surface area (Å²) in [5, 5.41) is 1.33. The number of rotatable bonds is 2. The summed E-state index contributed by atoms with van der Waals surface area (Å²) < 4.78 is 6.39. The van der Waals surface area contributed by atoms with E-state index in [1.54, 1.807) is 12.1 Å². The van der Waals surface area contributed by atoms with Gasteiger partial charge in [-0.2, -0.15) is 0 Å². The van der Waals surface area contributed by atoms with Crippen molar-refractivity contribution >= 4 is 34.9 Å². The van der Waals surface area contributed by atoms with Gasteiger partial charge in [0.25, 0.3) is 5.91 Å². The standard InChI is InChI=1S/C19H20Cl2N4O2/c20-14-2-3-15(21)17-13(14)5-6-19(27-17)7-9-25(10-8-19)16-4-1-12(11-23-16)18(26)24-22/h1-4,11H,5-10,22H2,(H,24,26). The highest BCUT2D eigenvalue weighted by Crippen LogP contribution is 2.45. The zero-order valence-corrected chi connectivity index (χ0v) is 16.2. The number of amides is 1. The maximum atomic E-state index is 11.5. The molecule has 2 aliphatic heterocycles. The molecule has 4 rings (SSSR count). The second-order valence-electron chi connectivity index (χ2n) is 6.99. The molecule has 3 N–H and O–H groups in total. The summed E-state index contributed by atoms with van der Waals surface area (Å²) in [6, 6.07) is 7.19. The van der Waals surface area contributed by atoms with Crippen LogP contribution < -0.4 is 20.9 Å². The van der Waals surface area contributed by atoms with Crippen molar-refractivity contribution in [3.63, 3.8) is 0 Å². The fourth-order valence-corrected chi connectivity index (χ4v) is 4.28. The zero-order valence-electron chi connectivity index (χ0n) is 14.7. The molecular formula is C19H20Cl2N4O2. The number of carbonyl (C=O) groups is 1. The van der Waals surface area contributed by atoms with Gasteiger partial charge in [0.15, 0.2) is 0 Å². The van der Waals surface area contributed by atoms with Gasteiger partial charge in [-0.25, -0.2) is 10.8 Å². The molecule has 1 aromatic heterocycles. The third kappa shape index (κ3) is 3.45. The number of benzene rings is 1. The highest BCUT2D eigenvalue weighted by atomic mass is 35.5. The number of ether oxygens (including phenoxy) is 1. The lowest BCUT2D eigenvalue weighted by Gasteiger charge is -2.45. The molecule has 1 fully saturated rings. The molecule has 27 heavy (non-hydrogen) atoms. The lowest BCUT2D eigenvalue weighted by molar-refractivity contribution is 0.0226. The molecular weight excluding hydrogens is 387 g/mol. The van der Waals surface area contributed by atoms with Gasteiger partial charge in [0.05, 0.1) is 10.6 Å². The van der Waals surface area contributed by atoms with E-state index in [9.17, 15) is 4.79 Å². The predicted molar refractivity (Wildman–Crippen MR) is 105 cm³/mol. The second kappa shape index (κ2) is 7.19. The SMILES string of the molecule is NNC(=O)c1ccc(N2CCC3(CCc4c(Cl)ccc(Cl)c4O3)CC2)nc1. The van der Waals surface area contributed by atoms with Crippen molar-refractivity contribution in [1.29, 1.82) is 0 Å². The molecule has 0 aliphatic carbocycles. The number of fused-ring (bicyclic) bond motifs is 1. The van der Waals surface area contributed by atoms with Crippen LogP contribution >= 0.6 is 23.2 Å². The Morgan fingerprint density at radius 1 is 1.15 bits per heavy atom. The van der Waals surface area contributed by atoms with E-state index in [4.69, 9.17) is 33.8 Å². The van der Waals surface area contributed by atoms with Crippen LogP contribution in [0.3, 0.4) is 0 Å². The van der Waals surface area contributed by atoms with Crippen LogP contribution in [0.1, 0.15) is 35.2 Å². The molecule has 1 saturated heterocycles. The number of aromatic nitrogens is 1. The van der Waals surface area contributed by atoms with Crippen LogP contribution in [-0.4, -0.2) is 29.6 Å². The molecule has 8 heteroatoms. The fourth-order valence-electron chi connectivity index (χ4n) is 3.83. The number of halogens is 2. The van der Waals surface area contributed by atoms with Crippen LogP contribution in [0.4, 0.5) is 5.82 Å². The monoisotopic (exact) mass is 406 g/mol. The summed E-state index contributed by atoms with van der Waals surface area (Å²) in [6.07, 6.45) is 5.09. The molecule has 1 spiro atoms. The number of carbonyl (C=O) groups excluding carboxylic acids is 1. The maximum absolute atomic E-state index is 11.5. The average molecular weight is 407 g/mol. The summed E-state index contributed by atoms with van der Waals surface area (Å²) in [6.45, 7) is 1.64. The zero-order chi connectivity index (χ0) is 19.0. The van der Waals surface area contributed by atoms with Crippen LogP contribution in [0.15, 0.2) is 30.5 Å². The molecule has 2 aromatic rings. The quantitative estimate of drug-likeness (QED) is 0.454. The molecule has 2 aliphatic rings. The number of hydrazine groups is 1. The van der Waals surface area contributed by atoms with Crippen LogP contribution in [0.25, 0.3) is 0 Å². The van der Waals surface area contributed by atoms with E-state index < -0.39 is 0 Å². The number of nitrogens with two attached hydrogens (primary N) is 1. The lowest BCUT2D eigenvalue weighted by Crippen LogP contribution is -2.50. The Kier molecular flexibility index (Phi) is 4.88. The maximum Gasteiger partial charge on any atom is 0.266 e. The minimum Gasteiger partial charge on any atom is -0.485 e. The van der Waals surface area contributed by atoms with Gasteiger partial charge >= 0.3 is 0 Å².